The van der Waals surface area contributed by atoms with E-state index in [9.17, 15) is 13.2 Å². The number of alkyl halides is 3. The minimum absolute atomic E-state index is 0.406. The fourth-order valence-electron chi connectivity index (χ4n) is 2.35. The summed E-state index contributed by atoms with van der Waals surface area (Å²) >= 11 is 1.55. The second-order valence-electron chi connectivity index (χ2n) is 4.81. The van der Waals surface area contributed by atoms with Crippen molar-refractivity contribution in [3.63, 3.8) is 0 Å². The molecule has 22 heavy (non-hydrogen) atoms. The highest BCUT2D eigenvalue weighted by molar-refractivity contribution is 7.13. The molecular weight excluding hydrogens is 311 g/mol. The number of hydrogen-bond acceptors (Lipinski definition) is 3. The summed E-state index contributed by atoms with van der Waals surface area (Å²) in [6.07, 6.45) is -2.92. The normalized spacial score (nSPS) is 12.3. The van der Waals surface area contributed by atoms with E-state index in [2.05, 4.69) is 10.1 Å². The lowest BCUT2D eigenvalue weighted by atomic mass is 10.1. The first-order valence-corrected chi connectivity index (χ1v) is 7.30. The molecular formula is C15H8F3N3S. The van der Waals surface area contributed by atoms with E-state index in [0.29, 0.717) is 16.6 Å². The quantitative estimate of drug-likeness (QED) is 0.512. The summed E-state index contributed by atoms with van der Waals surface area (Å²) in [6.45, 7) is 0. The third-order valence-electron chi connectivity index (χ3n) is 3.38. The van der Waals surface area contributed by atoms with E-state index in [1.165, 1.54) is 12.3 Å². The van der Waals surface area contributed by atoms with Gasteiger partial charge >= 0.3 is 6.18 Å². The van der Waals surface area contributed by atoms with E-state index in [-0.39, 0.29) is 0 Å². The second-order valence-corrected chi connectivity index (χ2v) is 5.75. The van der Waals surface area contributed by atoms with Gasteiger partial charge in [-0.15, -0.1) is 11.3 Å². The van der Waals surface area contributed by atoms with Crippen molar-refractivity contribution in [2.24, 2.45) is 0 Å². The van der Waals surface area contributed by atoms with Gasteiger partial charge in [0.1, 0.15) is 5.69 Å². The Labute approximate surface area is 126 Å². The van der Waals surface area contributed by atoms with Crippen LogP contribution in [0.4, 0.5) is 13.2 Å². The molecule has 0 spiro atoms. The Morgan fingerprint density at radius 2 is 1.95 bits per heavy atom. The van der Waals surface area contributed by atoms with Gasteiger partial charge < -0.3 is 0 Å². The molecule has 0 saturated carbocycles. The molecule has 0 unspecified atom stereocenters. The summed E-state index contributed by atoms with van der Waals surface area (Å²) in [6, 6.07) is 9.27. The molecule has 4 aromatic rings. The van der Waals surface area contributed by atoms with Crippen molar-refractivity contribution in [1.29, 1.82) is 0 Å². The Morgan fingerprint density at radius 1 is 1.09 bits per heavy atom. The summed E-state index contributed by atoms with van der Waals surface area (Å²) in [5, 5.41) is 6.81. The third-order valence-corrected chi connectivity index (χ3v) is 4.28. The van der Waals surface area contributed by atoms with Crippen LogP contribution in [0.2, 0.25) is 0 Å². The minimum atomic E-state index is -4.37. The fourth-order valence-corrected chi connectivity index (χ4v) is 3.03. The van der Waals surface area contributed by atoms with Crippen LogP contribution in [-0.4, -0.2) is 14.6 Å². The zero-order valence-electron chi connectivity index (χ0n) is 11.0. The Kier molecular flexibility index (Phi) is 2.74. The van der Waals surface area contributed by atoms with Crippen LogP contribution in [0.25, 0.3) is 27.1 Å². The predicted molar refractivity (Wildman–Crippen MR) is 78.8 cm³/mol. The minimum Gasteiger partial charge on any atom is -0.236 e. The van der Waals surface area contributed by atoms with E-state index in [4.69, 9.17) is 0 Å². The van der Waals surface area contributed by atoms with Crippen LogP contribution in [0.1, 0.15) is 5.56 Å². The van der Waals surface area contributed by atoms with Crippen molar-refractivity contribution in [3.05, 3.63) is 53.5 Å². The van der Waals surface area contributed by atoms with E-state index < -0.39 is 11.7 Å². The van der Waals surface area contributed by atoms with Crippen LogP contribution in [0.5, 0.6) is 0 Å². The van der Waals surface area contributed by atoms with Crippen molar-refractivity contribution >= 4 is 27.9 Å². The molecule has 110 valence electrons. The summed E-state index contributed by atoms with van der Waals surface area (Å²) in [5.41, 5.74) is 1.28. The number of hydrogen-bond donors (Lipinski definition) is 0. The topological polar surface area (TPSA) is 30.2 Å². The SMILES string of the molecule is FC(F)(F)c1ccc2c(cnc3cc(-c4cccs4)nn32)c1. The molecule has 0 aliphatic heterocycles. The first-order chi connectivity index (χ1) is 10.5. The van der Waals surface area contributed by atoms with E-state index in [0.717, 1.165) is 22.7 Å². The van der Waals surface area contributed by atoms with Crippen LogP contribution in [-0.2, 0) is 6.18 Å². The van der Waals surface area contributed by atoms with Gasteiger partial charge in [0.05, 0.1) is 16.0 Å². The van der Waals surface area contributed by atoms with Gasteiger partial charge in [-0.05, 0) is 29.6 Å². The molecule has 0 bridgehead atoms. The second kappa shape index (κ2) is 4.54. The van der Waals surface area contributed by atoms with Crippen molar-refractivity contribution in [3.8, 4) is 10.6 Å². The predicted octanol–water partition coefficient (Wildman–Crippen LogP) is 4.63. The van der Waals surface area contributed by atoms with Crippen LogP contribution in [0.15, 0.2) is 48.0 Å². The van der Waals surface area contributed by atoms with E-state index in [1.807, 2.05) is 23.6 Å². The number of aromatic nitrogens is 3. The third kappa shape index (κ3) is 2.05. The first-order valence-electron chi connectivity index (χ1n) is 6.42. The average Bonchev–Trinajstić information content (AvgIpc) is 3.14. The standard InChI is InChI=1S/C15H8F3N3S/c16-15(17,18)10-3-4-12-9(6-10)8-19-14-7-11(20-21(12)14)13-2-1-5-22-13/h1-8H. The molecule has 0 aliphatic carbocycles. The van der Waals surface area contributed by atoms with Gasteiger partial charge in [-0.3, -0.25) is 0 Å². The zero-order chi connectivity index (χ0) is 15.3. The molecule has 3 heterocycles. The Hall–Kier alpha value is -2.41. The number of thiophene rings is 1. The largest absolute Gasteiger partial charge is 0.416 e. The van der Waals surface area contributed by atoms with Gasteiger partial charge in [0.25, 0.3) is 0 Å². The summed E-state index contributed by atoms with van der Waals surface area (Å²) < 4.78 is 39.9. The smallest absolute Gasteiger partial charge is 0.236 e. The highest BCUT2D eigenvalue weighted by Gasteiger charge is 2.30. The number of fused-ring (bicyclic) bond motifs is 3. The van der Waals surface area contributed by atoms with E-state index >= 15 is 0 Å². The molecule has 0 atom stereocenters. The maximum Gasteiger partial charge on any atom is 0.416 e. The van der Waals surface area contributed by atoms with Crippen LogP contribution in [0.3, 0.4) is 0 Å². The molecule has 0 aliphatic rings. The summed E-state index contributed by atoms with van der Waals surface area (Å²) in [7, 11) is 0. The van der Waals surface area contributed by atoms with Crippen molar-refractivity contribution in [1.82, 2.24) is 14.6 Å². The Bertz CT molecular complexity index is 971. The van der Waals surface area contributed by atoms with E-state index in [1.54, 1.807) is 15.9 Å². The molecule has 0 fully saturated rings. The molecule has 0 saturated heterocycles. The van der Waals surface area contributed by atoms with Crippen LogP contribution < -0.4 is 0 Å². The highest BCUT2D eigenvalue weighted by atomic mass is 32.1. The molecule has 7 heteroatoms. The summed E-state index contributed by atoms with van der Waals surface area (Å²) in [5.74, 6) is 0. The molecule has 3 nitrogen and oxygen atoms in total. The molecule has 0 radical (unpaired) electrons. The van der Waals surface area contributed by atoms with Gasteiger partial charge in [-0.1, -0.05) is 6.07 Å². The number of benzene rings is 1. The first kappa shape index (κ1) is 13.3. The van der Waals surface area contributed by atoms with Crippen molar-refractivity contribution < 1.29 is 13.2 Å². The van der Waals surface area contributed by atoms with Gasteiger partial charge in [0.15, 0.2) is 5.65 Å². The monoisotopic (exact) mass is 319 g/mol. The molecule has 0 N–H and O–H groups in total. The number of rotatable bonds is 1. The molecule has 1 aromatic carbocycles. The van der Waals surface area contributed by atoms with Crippen molar-refractivity contribution in [2.75, 3.05) is 0 Å². The Balaban J connectivity index is 1.95. The van der Waals surface area contributed by atoms with Gasteiger partial charge in [-0.25, -0.2) is 9.50 Å². The van der Waals surface area contributed by atoms with Crippen LogP contribution >= 0.6 is 11.3 Å². The van der Waals surface area contributed by atoms with Crippen molar-refractivity contribution in [2.45, 2.75) is 6.18 Å². The maximum atomic E-state index is 12.8. The molecule has 4 rings (SSSR count). The number of nitrogens with zero attached hydrogens (tertiary/aromatic N) is 3. The van der Waals surface area contributed by atoms with Crippen LogP contribution in [0, 0.1) is 0 Å². The Morgan fingerprint density at radius 3 is 2.68 bits per heavy atom. The fraction of sp³-hybridized carbons (Fsp3) is 0.0667. The zero-order valence-corrected chi connectivity index (χ0v) is 11.8. The van der Waals surface area contributed by atoms with Gasteiger partial charge in [-0.2, -0.15) is 18.3 Å². The van der Waals surface area contributed by atoms with Gasteiger partial charge in [0, 0.05) is 17.6 Å². The lowest BCUT2D eigenvalue weighted by molar-refractivity contribution is -0.137. The lowest BCUT2D eigenvalue weighted by Crippen LogP contribution is -2.05. The highest BCUT2D eigenvalue weighted by Crippen LogP contribution is 2.32. The average molecular weight is 319 g/mol. The lowest BCUT2D eigenvalue weighted by Gasteiger charge is -2.08. The maximum absolute atomic E-state index is 12.8. The summed E-state index contributed by atoms with van der Waals surface area (Å²) in [4.78, 5) is 5.19. The molecule has 3 aromatic heterocycles. The van der Waals surface area contributed by atoms with Gasteiger partial charge in [0.2, 0.25) is 0 Å². The number of halogens is 3. The molecule has 0 amide bonds.